The summed E-state index contributed by atoms with van der Waals surface area (Å²) in [5.41, 5.74) is 0. The average molecular weight is 265 g/mol. The monoisotopic (exact) mass is 265 g/mol. The maximum Gasteiger partial charge on any atom is 0.309 e. The second-order valence-corrected chi connectivity index (χ2v) is 6.76. The van der Waals surface area contributed by atoms with Gasteiger partial charge in [-0.15, -0.1) is 0 Å². The molecule has 19 heavy (non-hydrogen) atoms. The highest BCUT2D eigenvalue weighted by Crippen LogP contribution is 2.48. The van der Waals surface area contributed by atoms with Gasteiger partial charge < -0.3 is 9.64 Å². The summed E-state index contributed by atoms with van der Waals surface area (Å²) in [6.07, 6.45) is 7.95. The Morgan fingerprint density at radius 2 is 1.95 bits per heavy atom. The molecule has 3 rings (SSSR count). The number of carbonyl (C=O) groups excluding carboxylic acids is 1. The second-order valence-electron chi connectivity index (χ2n) is 6.76. The lowest BCUT2D eigenvalue weighted by Crippen LogP contribution is -2.40. The molecular formula is C16H27NO2. The molecule has 2 bridgehead atoms. The molecule has 1 saturated heterocycles. The highest BCUT2D eigenvalue weighted by atomic mass is 16.5. The van der Waals surface area contributed by atoms with Crippen molar-refractivity contribution in [2.75, 3.05) is 26.2 Å². The Morgan fingerprint density at radius 3 is 2.53 bits per heavy atom. The summed E-state index contributed by atoms with van der Waals surface area (Å²) in [6.45, 7) is 5.89. The van der Waals surface area contributed by atoms with Crippen molar-refractivity contribution in [3.63, 3.8) is 0 Å². The number of rotatable bonds is 4. The molecule has 1 aliphatic heterocycles. The molecule has 3 aliphatic rings. The lowest BCUT2D eigenvalue weighted by molar-refractivity contribution is -0.149. The number of fused-ring (bicyclic) bond motifs is 2. The zero-order valence-electron chi connectivity index (χ0n) is 12.1. The maximum atomic E-state index is 11.7. The Hall–Kier alpha value is -0.570. The van der Waals surface area contributed by atoms with Crippen LogP contribution in [0.15, 0.2) is 0 Å². The molecule has 3 nitrogen and oxygen atoms in total. The molecule has 3 atom stereocenters. The molecule has 3 heteroatoms. The van der Waals surface area contributed by atoms with E-state index in [1.54, 1.807) is 0 Å². The van der Waals surface area contributed by atoms with Gasteiger partial charge in [-0.05, 0) is 69.9 Å². The number of hydrogen-bond acceptors (Lipinski definition) is 3. The van der Waals surface area contributed by atoms with Crippen molar-refractivity contribution < 1.29 is 9.53 Å². The van der Waals surface area contributed by atoms with Gasteiger partial charge in [0.15, 0.2) is 0 Å². The molecule has 108 valence electrons. The molecule has 0 spiro atoms. The summed E-state index contributed by atoms with van der Waals surface area (Å²) in [4.78, 5) is 14.3. The zero-order chi connectivity index (χ0) is 13.2. The van der Waals surface area contributed by atoms with Crippen LogP contribution < -0.4 is 0 Å². The maximum absolute atomic E-state index is 11.7. The van der Waals surface area contributed by atoms with E-state index >= 15 is 0 Å². The van der Waals surface area contributed by atoms with E-state index in [0.29, 0.717) is 6.61 Å². The van der Waals surface area contributed by atoms with E-state index in [1.807, 2.05) is 6.92 Å². The highest BCUT2D eigenvalue weighted by Gasteiger charge is 2.40. The molecule has 0 radical (unpaired) electrons. The number of ether oxygens (including phenoxy) is 1. The van der Waals surface area contributed by atoms with Crippen LogP contribution >= 0.6 is 0 Å². The second kappa shape index (κ2) is 5.82. The number of esters is 1. The quantitative estimate of drug-likeness (QED) is 0.732. The van der Waals surface area contributed by atoms with Crippen molar-refractivity contribution in [1.29, 1.82) is 0 Å². The van der Waals surface area contributed by atoms with Crippen LogP contribution in [0.3, 0.4) is 0 Å². The topological polar surface area (TPSA) is 29.5 Å². The van der Waals surface area contributed by atoms with Crippen LogP contribution in [-0.4, -0.2) is 37.1 Å². The third-order valence-electron chi connectivity index (χ3n) is 5.58. The van der Waals surface area contributed by atoms with Crippen LogP contribution in [-0.2, 0) is 9.53 Å². The number of piperidine rings is 1. The summed E-state index contributed by atoms with van der Waals surface area (Å²) >= 11 is 0. The van der Waals surface area contributed by atoms with E-state index in [-0.39, 0.29) is 11.9 Å². The van der Waals surface area contributed by atoms with Crippen molar-refractivity contribution >= 4 is 5.97 Å². The van der Waals surface area contributed by atoms with Gasteiger partial charge >= 0.3 is 5.97 Å². The smallest absolute Gasteiger partial charge is 0.309 e. The fraction of sp³-hybridized carbons (Fsp3) is 0.938. The lowest BCUT2D eigenvalue weighted by Gasteiger charge is -2.34. The predicted octanol–water partition coefficient (Wildman–Crippen LogP) is 2.70. The first-order valence-corrected chi connectivity index (χ1v) is 8.15. The Balaban J connectivity index is 1.42. The van der Waals surface area contributed by atoms with Gasteiger partial charge in [-0.1, -0.05) is 6.42 Å². The van der Waals surface area contributed by atoms with Crippen LogP contribution in [0.4, 0.5) is 0 Å². The molecule has 3 unspecified atom stereocenters. The Kier molecular flexibility index (Phi) is 4.11. The Bertz CT molecular complexity index is 323. The fourth-order valence-electron chi connectivity index (χ4n) is 4.54. The number of carbonyl (C=O) groups is 1. The minimum atomic E-state index is 0.0297. The predicted molar refractivity (Wildman–Crippen MR) is 74.7 cm³/mol. The van der Waals surface area contributed by atoms with E-state index in [2.05, 4.69) is 4.90 Å². The molecule has 0 amide bonds. The van der Waals surface area contributed by atoms with Crippen LogP contribution in [0.1, 0.15) is 45.4 Å². The van der Waals surface area contributed by atoms with Gasteiger partial charge in [0.25, 0.3) is 0 Å². The van der Waals surface area contributed by atoms with Gasteiger partial charge in [-0.25, -0.2) is 0 Å². The molecule has 0 aromatic carbocycles. The number of nitrogens with zero attached hydrogens (tertiary/aromatic N) is 1. The molecule has 0 aromatic rings. The van der Waals surface area contributed by atoms with Gasteiger partial charge in [-0.2, -0.15) is 0 Å². The van der Waals surface area contributed by atoms with Crippen LogP contribution in [0, 0.1) is 23.7 Å². The first-order chi connectivity index (χ1) is 9.26. The Labute approximate surface area is 116 Å². The van der Waals surface area contributed by atoms with Crippen LogP contribution in [0.2, 0.25) is 0 Å². The first-order valence-electron chi connectivity index (χ1n) is 8.15. The van der Waals surface area contributed by atoms with E-state index in [0.717, 1.165) is 43.7 Å². The summed E-state index contributed by atoms with van der Waals surface area (Å²) in [6, 6.07) is 0. The van der Waals surface area contributed by atoms with E-state index in [9.17, 15) is 4.79 Å². The van der Waals surface area contributed by atoms with Gasteiger partial charge in [0.05, 0.1) is 12.5 Å². The lowest BCUT2D eigenvalue weighted by atomic mass is 9.87. The summed E-state index contributed by atoms with van der Waals surface area (Å²) in [5, 5.41) is 0. The SMILES string of the molecule is CCOC(=O)C1CCN(CC2CC3CCC2C3)CC1. The van der Waals surface area contributed by atoms with Gasteiger partial charge in [0, 0.05) is 6.54 Å². The molecule has 3 fully saturated rings. The number of likely N-dealkylation sites (tertiary alicyclic amines) is 1. The minimum absolute atomic E-state index is 0.0297. The van der Waals surface area contributed by atoms with Crippen molar-refractivity contribution in [2.24, 2.45) is 23.7 Å². The summed E-state index contributed by atoms with van der Waals surface area (Å²) in [5.74, 6) is 3.22. The largest absolute Gasteiger partial charge is 0.466 e. The van der Waals surface area contributed by atoms with E-state index in [4.69, 9.17) is 4.74 Å². The van der Waals surface area contributed by atoms with Crippen molar-refractivity contribution in [2.45, 2.75) is 45.4 Å². The van der Waals surface area contributed by atoms with E-state index < -0.39 is 0 Å². The third-order valence-corrected chi connectivity index (χ3v) is 5.58. The standard InChI is InChI=1S/C16H27NO2/c1-2-19-16(18)13-5-7-17(8-6-13)11-15-10-12-3-4-14(15)9-12/h12-15H,2-11H2,1H3. The molecular weight excluding hydrogens is 238 g/mol. The van der Waals surface area contributed by atoms with Gasteiger partial charge in [0.1, 0.15) is 0 Å². The first kappa shape index (κ1) is 13.4. The normalized spacial score (nSPS) is 35.7. The molecule has 0 N–H and O–H groups in total. The van der Waals surface area contributed by atoms with Crippen molar-refractivity contribution in [1.82, 2.24) is 4.90 Å². The van der Waals surface area contributed by atoms with Crippen LogP contribution in [0.25, 0.3) is 0 Å². The zero-order valence-corrected chi connectivity index (χ0v) is 12.1. The number of hydrogen-bond donors (Lipinski definition) is 0. The third kappa shape index (κ3) is 2.96. The fourth-order valence-corrected chi connectivity index (χ4v) is 4.54. The van der Waals surface area contributed by atoms with E-state index in [1.165, 1.54) is 32.2 Å². The van der Waals surface area contributed by atoms with Gasteiger partial charge in [0.2, 0.25) is 0 Å². The van der Waals surface area contributed by atoms with Crippen LogP contribution in [0.5, 0.6) is 0 Å². The summed E-state index contributed by atoms with van der Waals surface area (Å²) < 4.78 is 5.13. The van der Waals surface area contributed by atoms with Gasteiger partial charge in [-0.3, -0.25) is 4.79 Å². The molecule has 2 aliphatic carbocycles. The molecule has 0 aromatic heterocycles. The summed E-state index contributed by atoms with van der Waals surface area (Å²) in [7, 11) is 0. The molecule has 2 saturated carbocycles. The van der Waals surface area contributed by atoms with Crippen molar-refractivity contribution in [3.05, 3.63) is 0 Å². The van der Waals surface area contributed by atoms with Crippen molar-refractivity contribution in [3.8, 4) is 0 Å². The minimum Gasteiger partial charge on any atom is -0.466 e. The molecule has 1 heterocycles. The highest BCUT2D eigenvalue weighted by molar-refractivity contribution is 5.72. The Morgan fingerprint density at radius 1 is 1.16 bits per heavy atom. The average Bonchev–Trinajstić information content (AvgIpc) is 3.02.